The topological polar surface area (TPSA) is 78.2 Å². The molecule has 180 valence electrons. The number of carbonyl (C=O) groups excluding carboxylic acids is 1. The molecule has 0 N–H and O–H groups in total. The highest BCUT2D eigenvalue weighted by Crippen LogP contribution is 2.30. The van der Waals surface area contributed by atoms with Gasteiger partial charge in [0.05, 0.1) is 11.8 Å². The number of fused-ring (bicyclic) bond motifs is 1. The van der Waals surface area contributed by atoms with Gasteiger partial charge in [-0.3, -0.25) is 4.79 Å². The fraction of sp³-hybridized carbons (Fsp3) is 0.440. The third-order valence-electron chi connectivity index (χ3n) is 6.96. The van der Waals surface area contributed by atoms with Gasteiger partial charge in [-0.15, -0.1) is 0 Å². The van der Waals surface area contributed by atoms with Gasteiger partial charge in [0.1, 0.15) is 5.82 Å². The van der Waals surface area contributed by atoms with Crippen LogP contribution < -0.4 is 4.90 Å². The van der Waals surface area contributed by atoms with E-state index in [4.69, 9.17) is 4.98 Å². The van der Waals surface area contributed by atoms with Gasteiger partial charge in [0.15, 0.2) is 5.69 Å². The molecular weight excluding hydrogens is 450 g/mol. The number of benzene rings is 1. The fourth-order valence-electron chi connectivity index (χ4n) is 5.03. The maximum absolute atomic E-state index is 13.5. The Morgan fingerprint density at radius 1 is 1.00 bits per heavy atom. The molecule has 0 aliphatic carbocycles. The first-order valence-electron chi connectivity index (χ1n) is 11.8. The number of aryl methyl sites for hydroxylation is 1. The lowest BCUT2D eigenvalue weighted by Crippen LogP contribution is -2.49. The molecule has 9 heteroatoms. The van der Waals surface area contributed by atoms with Crippen molar-refractivity contribution < 1.29 is 13.2 Å². The predicted octanol–water partition coefficient (Wildman–Crippen LogP) is 2.74. The Morgan fingerprint density at radius 3 is 2.44 bits per heavy atom. The van der Waals surface area contributed by atoms with Gasteiger partial charge in [-0.2, -0.15) is 0 Å². The molecule has 0 saturated carbocycles. The maximum atomic E-state index is 13.5. The zero-order valence-electron chi connectivity index (χ0n) is 19.7. The third kappa shape index (κ3) is 4.42. The number of pyridine rings is 1. The molecule has 3 aromatic rings. The van der Waals surface area contributed by atoms with Crippen LogP contribution in [0.5, 0.6) is 0 Å². The van der Waals surface area contributed by atoms with Crippen molar-refractivity contribution in [3.05, 3.63) is 65.7 Å². The Kier molecular flexibility index (Phi) is 6.07. The first kappa shape index (κ1) is 22.9. The molecule has 5 rings (SSSR count). The van der Waals surface area contributed by atoms with E-state index in [9.17, 15) is 13.2 Å². The minimum Gasteiger partial charge on any atom is -0.368 e. The standard InChI is InChI=1S/C25H31N5O3S/c1-19-8-10-21(11-9-19)27-14-16-28(17-15-27)25(31)23-22-7-3-4-13-30(22)24(26-23)20-6-5-12-29(18-20)34(2,32)33/h3-4,7-11,13,20H,5-6,12,14-18H2,1-2H3/t20-/m1/s1. The summed E-state index contributed by atoms with van der Waals surface area (Å²) in [6.45, 7) is 5.85. The van der Waals surface area contributed by atoms with Crippen molar-refractivity contribution in [3.63, 3.8) is 0 Å². The highest BCUT2D eigenvalue weighted by molar-refractivity contribution is 7.88. The molecule has 34 heavy (non-hydrogen) atoms. The van der Waals surface area contributed by atoms with Crippen molar-refractivity contribution in [1.29, 1.82) is 0 Å². The summed E-state index contributed by atoms with van der Waals surface area (Å²) in [6, 6.07) is 14.2. The van der Waals surface area contributed by atoms with Crippen LogP contribution in [0.4, 0.5) is 5.69 Å². The summed E-state index contributed by atoms with van der Waals surface area (Å²) in [5, 5.41) is 0. The molecule has 1 atom stereocenters. The molecule has 0 spiro atoms. The summed E-state index contributed by atoms with van der Waals surface area (Å²) in [7, 11) is -3.26. The van der Waals surface area contributed by atoms with Crippen molar-refractivity contribution in [2.24, 2.45) is 0 Å². The summed E-state index contributed by atoms with van der Waals surface area (Å²) >= 11 is 0. The average Bonchev–Trinajstić information content (AvgIpc) is 3.24. The Morgan fingerprint density at radius 2 is 1.74 bits per heavy atom. The largest absolute Gasteiger partial charge is 0.368 e. The van der Waals surface area contributed by atoms with E-state index >= 15 is 0 Å². The molecule has 2 aliphatic heterocycles. The number of anilines is 1. The number of hydrogen-bond donors (Lipinski definition) is 0. The van der Waals surface area contributed by atoms with Gasteiger partial charge in [-0.1, -0.05) is 23.8 Å². The van der Waals surface area contributed by atoms with Crippen LogP contribution in [0.1, 0.15) is 40.6 Å². The first-order chi connectivity index (χ1) is 16.3. The van der Waals surface area contributed by atoms with E-state index in [1.165, 1.54) is 21.8 Å². The van der Waals surface area contributed by atoms with Crippen molar-refractivity contribution >= 4 is 27.1 Å². The van der Waals surface area contributed by atoms with Gasteiger partial charge in [0.25, 0.3) is 5.91 Å². The van der Waals surface area contributed by atoms with E-state index in [1.807, 2.05) is 33.7 Å². The highest BCUT2D eigenvalue weighted by Gasteiger charge is 2.32. The number of sulfonamides is 1. The molecule has 1 amide bonds. The Labute approximate surface area is 200 Å². The van der Waals surface area contributed by atoms with Crippen molar-refractivity contribution in [3.8, 4) is 0 Å². The van der Waals surface area contributed by atoms with Gasteiger partial charge in [0.2, 0.25) is 10.0 Å². The summed E-state index contributed by atoms with van der Waals surface area (Å²) in [5.74, 6) is 0.665. The van der Waals surface area contributed by atoms with E-state index in [-0.39, 0.29) is 11.8 Å². The van der Waals surface area contributed by atoms with Crippen LogP contribution in [0.25, 0.3) is 5.52 Å². The molecule has 8 nitrogen and oxygen atoms in total. The van der Waals surface area contributed by atoms with Crippen molar-refractivity contribution in [2.75, 3.05) is 50.4 Å². The highest BCUT2D eigenvalue weighted by atomic mass is 32.2. The number of piperidine rings is 1. The van der Waals surface area contributed by atoms with Crippen LogP contribution in [0.3, 0.4) is 0 Å². The number of piperazine rings is 1. The average molecular weight is 482 g/mol. The lowest BCUT2D eigenvalue weighted by Gasteiger charge is -2.36. The molecule has 0 radical (unpaired) electrons. The summed E-state index contributed by atoms with van der Waals surface area (Å²) < 4.78 is 27.7. The number of amides is 1. The van der Waals surface area contributed by atoms with Crippen LogP contribution in [-0.2, 0) is 10.0 Å². The van der Waals surface area contributed by atoms with Gasteiger partial charge >= 0.3 is 0 Å². The van der Waals surface area contributed by atoms with Gasteiger partial charge in [-0.05, 0) is 44.0 Å². The second-order valence-corrected chi connectivity index (χ2v) is 11.3. The monoisotopic (exact) mass is 481 g/mol. The summed E-state index contributed by atoms with van der Waals surface area (Å²) in [5.41, 5.74) is 3.65. The Balaban J connectivity index is 1.37. The zero-order valence-corrected chi connectivity index (χ0v) is 20.5. The molecule has 2 aliphatic rings. The second kappa shape index (κ2) is 9.03. The molecule has 0 unspecified atom stereocenters. The van der Waals surface area contributed by atoms with E-state index in [0.717, 1.165) is 37.3 Å². The molecule has 4 heterocycles. The maximum Gasteiger partial charge on any atom is 0.274 e. The van der Waals surface area contributed by atoms with Gasteiger partial charge < -0.3 is 14.2 Å². The fourth-order valence-corrected chi connectivity index (χ4v) is 5.95. The van der Waals surface area contributed by atoms with Crippen LogP contribution in [-0.4, -0.2) is 78.4 Å². The van der Waals surface area contributed by atoms with Gasteiger partial charge in [-0.25, -0.2) is 17.7 Å². The van der Waals surface area contributed by atoms with E-state index in [0.29, 0.717) is 31.9 Å². The number of hydrogen-bond acceptors (Lipinski definition) is 5. The van der Waals surface area contributed by atoms with Crippen molar-refractivity contribution in [2.45, 2.75) is 25.7 Å². The number of imidazole rings is 1. The van der Waals surface area contributed by atoms with E-state index in [2.05, 4.69) is 36.1 Å². The number of carbonyl (C=O) groups is 1. The SMILES string of the molecule is Cc1ccc(N2CCN(C(=O)c3nc([C@@H]4CCCN(S(C)(=O)=O)C4)n4ccccc34)CC2)cc1. The van der Waals surface area contributed by atoms with Gasteiger partial charge in [0, 0.05) is 57.1 Å². The van der Waals surface area contributed by atoms with E-state index < -0.39 is 10.0 Å². The summed E-state index contributed by atoms with van der Waals surface area (Å²) in [6.07, 6.45) is 4.81. The lowest BCUT2D eigenvalue weighted by atomic mass is 9.99. The number of aromatic nitrogens is 2. The van der Waals surface area contributed by atoms with Crippen LogP contribution in [0, 0.1) is 6.92 Å². The van der Waals surface area contributed by atoms with E-state index in [1.54, 1.807) is 0 Å². The van der Waals surface area contributed by atoms with Crippen LogP contribution >= 0.6 is 0 Å². The van der Waals surface area contributed by atoms with Crippen molar-refractivity contribution in [1.82, 2.24) is 18.6 Å². The molecule has 2 aromatic heterocycles. The molecule has 0 bridgehead atoms. The molecule has 2 fully saturated rings. The normalized spacial score (nSPS) is 20.1. The zero-order chi connectivity index (χ0) is 23.9. The molecule has 2 saturated heterocycles. The Hall–Kier alpha value is -2.91. The molecular formula is C25H31N5O3S. The number of rotatable bonds is 4. The predicted molar refractivity (Wildman–Crippen MR) is 133 cm³/mol. The Bertz CT molecular complexity index is 1290. The minimum absolute atomic E-state index is 0.0432. The van der Waals surface area contributed by atoms with Crippen LogP contribution in [0.15, 0.2) is 48.7 Å². The quantitative estimate of drug-likeness (QED) is 0.573. The minimum atomic E-state index is -3.26. The second-order valence-electron chi connectivity index (χ2n) is 9.35. The molecule has 1 aromatic carbocycles. The smallest absolute Gasteiger partial charge is 0.274 e. The third-order valence-corrected chi connectivity index (χ3v) is 8.23. The first-order valence-corrected chi connectivity index (χ1v) is 13.7. The summed E-state index contributed by atoms with van der Waals surface area (Å²) in [4.78, 5) is 22.6. The van der Waals surface area contributed by atoms with Crippen LogP contribution in [0.2, 0.25) is 0 Å². The lowest BCUT2D eigenvalue weighted by molar-refractivity contribution is 0.0743. The number of nitrogens with zero attached hydrogens (tertiary/aromatic N) is 5.